The zero-order valence-corrected chi connectivity index (χ0v) is 12.7. The first-order valence-electron chi connectivity index (χ1n) is 6.94. The van der Waals surface area contributed by atoms with Gasteiger partial charge in [-0.2, -0.15) is 13.2 Å². The lowest BCUT2D eigenvalue weighted by Crippen LogP contribution is -2.47. The van der Waals surface area contributed by atoms with Crippen LogP contribution >= 0.6 is 11.6 Å². The predicted molar refractivity (Wildman–Crippen MR) is 80.7 cm³/mol. The molecule has 0 amide bonds. The van der Waals surface area contributed by atoms with Crippen LogP contribution in [0.5, 0.6) is 0 Å². The second-order valence-corrected chi connectivity index (χ2v) is 5.47. The number of halogens is 4. The summed E-state index contributed by atoms with van der Waals surface area (Å²) >= 11 is 5.98. The number of piperazine rings is 1. The van der Waals surface area contributed by atoms with Gasteiger partial charge in [-0.15, -0.1) is 0 Å². The molecule has 0 spiro atoms. The SMILES string of the molecule is FC(F)(F)c1cnc(N2CCN(c3cnccn3)CC2)c(Cl)c1. The summed E-state index contributed by atoms with van der Waals surface area (Å²) in [6.45, 7) is 2.51. The predicted octanol–water partition coefficient (Wildman–Crippen LogP) is 2.87. The van der Waals surface area contributed by atoms with Crippen LogP contribution in [0.2, 0.25) is 5.02 Å². The maximum atomic E-state index is 12.6. The van der Waals surface area contributed by atoms with Gasteiger partial charge in [-0.25, -0.2) is 9.97 Å². The van der Waals surface area contributed by atoms with Gasteiger partial charge < -0.3 is 9.80 Å². The number of hydrogen-bond acceptors (Lipinski definition) is 5. The van der Waals surface area contributed by atoms with Crippen LogP contribution in [0.3, 0.4) is 0 Å². The molecule has 3 rings (SSSR count). The smallest absolute Gasteiger partial charge is 0.352 e. The maximum Gasteiger partial charge on any atom is 0.417 e. The first-order valence-corrected chi connectivity index (χ1v) is 7.31. The lowest BCUT2D eigenvalue weighted by molar-refractivity contribution is -0.137. The standard InChI is InChI=1S/C14H13ClF3N5/c15-11-7-10(14(16,17)18)8-21-13(11)23-5-3-22(4-6-23)12-9-19-1-2-20-12/h1-2,7-9H,3-6H2. The Balaban J connectivity index is 1.71. The molecule has 1 fully saturated rings. The van der Waals surface area contributed by atoms with Gasteiger partial charge in [0, 0.05) is 44.8 Å². The fourth-order valence-corrected chi connectivity index (χ4v) is 2.71. The van der Waals surface area contributed by atoms with E-state index in [9.17, 15) is 13.2 Å². The highest BCUT2D eigenvalue weighted by atomic mass is 35.5. The summed E-state index contributed by atoms with van der Waals surface area (Å²) in [6, 6.07) is 0.916. The third-order valence-corrected chi connectivity index (χ3v) is 3.88. The van der Waals surface area contributed by atoms with Crippen molar-refractivity contribution >= 4 is 23.2 Å². The average molecular weight is 344 g/mol. The van der Waals surface area contributed by atoms with E-state index in [0.29, 0.717) is 32.0 Å². The number of pyridine rings is 1. The van der Waals surface area contributed by atoms with E-state index in [1.54, 1.807) is 18.6 Å². The quantitative estimate of drug-likeness (QED) is 0.839. The molecular formula is C14H13ClF3N5. The minimum atomic E-state index is -4.44. The fourth-order valence-electron chi connectivity index (χ4n) is 2.42. The molecule has 3 heterocycles. The van der Waals surface area contributed by atoms with Crippen molar-refractivity contribution in [3.8, 4) is 0 Å². The maximum absolute atomic E-state index is 12.6. The molecule has 0 atom stereocenters. The molecule has 2 aromatic heterocycles. The topological polar surface area (TPSA) is 45.2 Å². The van der Waals surface area contributed by atoms with E-state index in [1.165, 1.54) is 0 Å². The second kappa shape index (κ2) is 6.19. The molecule has 5 nitrogen and oxygen atoms in total. The van der Waals surface area contributed by atoms with Gasteiger partial charge in [-0.3, -0.25) is 4.98 Å². The zero-order chi connectivity index (χ0) is 16.4. The second-order valence-electron chi connectivity index (χ2n) is 5.06. The Kier molecular flexibility index (Phi) is 4.25. The molecule has 0 N–H and O–H groups in total. The summed E-state index contributed by atoms with van der Waals surface area (Å²) in [5, 5.41) is 0.00720. The molecule has 1 saturated heterocycles. The molecule has 2 aromatic rings. The van der Waals surface area contributed by atoms with Crippen LogP contribution in [0.15, 0.2) is 30.9 Å². The van der Waals surface area contributed by atoms with Crippen molar-refractivity contribution in [2.24, 2.45) is 0 Å². The Hall–Kier alpha value is -2.09. The lowest BCUT2D eigenvalue weighted by Gasteiger charge is -2.36. The number of alkyl halides is 3. The molecule has 0 bridgehead atoms. The molecule has 0 aliphatic carbocycles. The summed E-state index contributed by atoms with van der Waals surface area (Å²) in [5.41, 5.74) is -0.843. The summed E-state index contributed by atoms with van der Waals surface area (Å²) < 4.78 is 37.9. The summed E-state index contributed by atoms with van der Waals surface area (Å²) in [6.07, 6.45) is 1.27. The largest absolute Gasteiger partial charge is 0.417 e. The Morgan fingerprint density at radius 1 is 0.957 bits per heavy atom. The Bertz CT molecular complexity index is 672. The molecule has 0 unspecified atom stereocenters. The number of nitrogens with zero attached hydrogens (tertiary/aromatic N) is 5. The number of hydrogen-bond donors (Lipinski definition) is 0. The Morgan fingerprint density at radius 2 is 1.65 bits per heavy atom. The van der Waals surface area contributed by atoms with Crippen LogP contribution in [0.1, 0.15) is 5.56 Å². The van der Waals surface area contributed by atoms with E-state index >= 15 is 0 Å². The van der Waals surface area contributed by atoms with Crippen LogP contribution in [-0.4, -0.2) is 41.1 Å². The van der Waals surface area contributed by atoms with Gasteiger partial charge in [0.25, 0.3) is 0 Å². The van der Waals surface area contributed by atoms with Crippen LogP contribution in [-0.2, 0) is 6.18 Å². The highest BCUT2D eigenvalue weighted by Gasteiger charge is 2.32. The molecule has 9 heteroatoms. The van der Waals surface area contributed by atoms with Crippen LogP contribution in [0.25, 0.3) is 0 Å². The van der Waals surface area contributed by atoms with Gasteiger partial charge in [0.1, 0.15) is 11.6 Å². The first-order chi connectivity index (χ1) is 10.9. The summed E-state index contributed by atoms with van der Waals surface area (Å²) in [4.78, 5) is 16.1. The van der Waals surface area contributed by atoms with E-state index in [4.69, 9.17) is 11.6 Å². The van der Waals surface area contributed by atoms with Crippen molar-refractivity contribution in [1.82, 2.24) is 15.0 Å². The minimum Gasteiger partial charge on any atom is -0.352 e. The molecule has 23 heavy (non-hydrogen) atoms. The van der Waals surface area contributed by atoms with Crippen molar-refractivity contribution in [1.29, 1.82) is 0 Å². The first kappa shape index (κ1) is 15.8. The molecule has 122 valence electrons. The van der Waals surface area contributed by atoms with Gasteiger partial charge >= 0.3 is 6.18 Å². The van der Waals surface area contributed by atoms with E-state index < -0.39 is 11.7 Å². The third kappa shape index (κ3) is 3.47. The van der Waals surface area contributed by atoms with Crippen molar-refractivity contribution in [3.63, 3.8) is 0 Å². The average Bonchev–Trinajstić information content (AvgIpc) is 2.55. The van der Waals surface area contributed by atoms with Gasteiger partial charge in [-0.1, -0.05) is 11.6 Å². The molecule has 0 aromatic carbocycles. The molecular weight excluding hydrogens is 331 g/mol. The number of anilines is 2. The van der Waals surface area contributed by atoms with Crippen molar-refractivity contribution in [3.05, 3.63) is 41.4 Å². The summed E-state index contributed by atoms with van der Waals surface area (Å²) in [5.74, 6) is 1.15. The molecule has 1 aliphatic heterocycles. The van der Waals surface area contributed by atoms with Crippen molar-refractivity contribution in [2.45, 2.75) is 6.18 Å². The number of rotatable bonds is 2. The molecule has 0 saturated carbocycles. The molecule has 0 radical (unpaired) electrons. The zero-order valence-electron chi connectivity index (χ0n) is 12.0. The number of aromatic nitrogens is 3. The third-order valence-electron chi connectivity index (χ3n) is 3.60. The van der Waals surface area contributed by atoms with E-state index in [-0.39, 0.29) is 5.02 Å². The van der Waals surface area contributed by atoms with Crippen LogP contribution in [0.4, 0.5) is 24.8 Å². The minimum absolute atomic E-state index is 0.00720. The van der Waals surface area contributed by atoms with E-state index in [2.05, 4.69) is 19.9 Å². The fraction of sp³-hybridized carbons (Fsp3) is 0.357. The van der Waals surface area contributed by atoms with E-state index in [0.717, 1.165) is 18.1 Å². The monoisotopic (exact) mass is 343 g/mol. The van der Waals surface area contributed by atoms with Gasteiger partial charge in [0.15, 0.2) is 0 Å². The summed E-state index contributed by atoms with van der Waals surface area (Å²) in [7, 11) is 0. The highest BCUT2D eigenvalue weighted by Crippen LogP contribution is 2.33. The van der Waals surface area contributed by atoms with Crippen LogP contribution in [0, 0.1) is 0 Å². The lowest BCUT2D eigenvalue weighted by atomic mass is 10.2. The van der Waals surface area contributed by atoms with Gasteiger partial charge in [0.05, 0.1) is 16.8 Å². The molecule has 1 aliphatic rings. The normalized spacial score (nSPS) is 15.8. The Morgan fingerprint density at radius 3 is 2.22 bits per heavy atom. The van der Waals surface area contributed by atoms with Crippen molar-refractivity contribution in [2.75, 3.05) is 36.0 Å². The van der Waals surface area contributed by atoms with Gasteiger partial charge in [0.2, 0.25) is 0 Å². The van der Waals surface area contributed by atoms with E-state index in [1.807, 2.05) is 4.90 Å². The van der Waals surface area contributed by atoms with Crippen LogP contribution < -0.4 is 9.80 Å². The van der Waals surface area contributed by atoms with Gasteiger partial charge in [-0.05, 0) is 6.07 Å². The Labute approximate surface area is 135 Å². The highest BCUT2D eigenvalue weighted by molar-refractivity contribution is 6.33. The van der Waals surface area contributed by atoms with Crippen molar-refractivity contribution < 1.29 is 13.2 Å².